The fraction of sp³-hybridized carbons (Fsp3) is 0.588. The minimum Gasteiger partial charge on any atom is -0.308 e. The van der Waals surface area contributed by atoms with Gasteiger partial charge in [-0.15, -0.1) is 5.10 Å². The second-order valence-electron chi connectivity index (χ2n) is 6.65. The maximum Gasteiger partial charge on any atom is 0.176 e. The van der Waals surface area contributed by atoms with Gasteiger partial charge in [0, 0.05) is 0 Å². The van der Waals surface area contributed by atoms with Crippen LogP contribution in [0.1, 0.15) is 49.6 Å². The molecule has 3 rings (SSSR count). The topological polar surface area (TPSA) is 55.6 Å². The Morgan fingerprint density at radius 3 is 2.64 bits per heavy atom. The van der Waals surface area contributed by atoms with E-state index in [1.54, 1.807) is 0 Å². The summed E-state index contributed by atoms with van der Waals surface area (Å²) in [5, 5.41) is 16.2. The minimum absolute atomic E-state index is 0.119. The predicted octanol–water partition coefficient (Wildman–Crippen LogP) is 2.90. The quantitative estimate of drug-likeness (QED) is 0.947. The average Bonchev–Trinajstić information content (AvgIpc) is 3.01. The number of hydrogen-bond acceptors (Lipinski definition) is 4. The van der Waals surface area contributed by atoms with Crippen LogP contribution in [0.15, 0.2) is 18.2 Å². The van der Waals surface area contributed by atoms with Crippen LogP contribution < -0.4 is 5.32 Å². The SMILES string of the molecule is CNC1(c2nnnn2-c2cccc(C)c2C)CCC(C)CC1. The molecular formula is C17H25N5. The van der Waals surface area contributed by atoms with E-state index in [-0.39, 0.29) is 5.54 Å². The monoisotopic (exact) mass is 299 g/mol. The van der Waals surface area contributed by atoms with Gasteiger partial charge in [0.25, 0.3) is 0 Å². The Morgan fingerprint density at radius 2 is 1.95 bits per heavy atom. The van der Waals surface area contributed by atoms with Crippen molar-refractivity contribution < 1.29 is 0 Å². The molecule has 1 heterocycles. The largest absolute Gasteiger partial charge is 0.308 e. The molecule has 0 amide bonds. The van der Waals surface area contributed by atoms with E-state index in [1.807, 2.05) is 11.7 Å². The van der Waals surface area contributed by atoms with E-state index in [0.29, 0.717) is 0 Å². The van der Waals surface area contributed by atoms with E-state index in [9.17, 15) is 0 Å². The third-order valence-corrected chi connectivity index (χ3v) is 5.31. The smallest absolute Gasteiger partial charge is 0.176 e. The molecule has 1 aromatic carbocycles. The fourth-order valence-corrected chi connectivity index (χ4v) is 3.45. The second kappa shape index (κ2) is 5.80. The standard InChI is InChI=1S/C17H25N5/c1-12-8-10-17(18-4,11-9-12)16-19-20-21-22(16)15-7-5-6-13(2)14(15)3/h5-7,12,18H,8-11H2,1-4H3. The number of nitrogens with one attached hydrogen (secondary N) is 1. The molecule has 0 spiro atoms. The molecule has 118 valence electrons. The van der Waals surface area contributed by atoms with Gasteiger partial charge in [0.1, 0.15) is 0 Å². The number of tetrazole rings is 1. The third-order valence-electron chi connectivity index (χ3n) is 5.31. The zero-order valence-corrected chi connectivity index (χ0v) is 13.9. The Balaban J connectivity index is 2.06. The number of nitrogens with zero attached hydrogens (tertiary/aromatic N) is 4. The Hall–Kier alpha value is -1.75. The van der Waals surface area contributed by atoms with Gasteiger partial charge >= 0.3 is 0 Å². The molecule has 2 aromatic rings. The highest BCUT2D eigenvalue weighted by Gasteiger charge is 2.39. The zero-order chi connectivity index (χ0) is 15.7. The maximum atomic E-state index is 4.39. The van der Waals surface area contributed by atoms with Gasteiger partial charge in [0.15, 0.2) is 5.82 Å². The number of aromatic nitrogens is 4. The highest BCUT2D eigenvalue weighted by Crippen LogP contribution is 2.38. The highest BCUT2D eigenvalue weighted by molar-refractivity contribution is 5.44. The van der Waals surface area contributed by atoms with Crippen molar-refractivity contribution in [2.75, 3.05) is 7.05 Å². The molecule has 5 heteroatoms. The summed E-state index contributed by atoms with van der Waals surface area (Å²) in [5.41, 5.74) is 3.45. The Kier molecular flexibility index (Phi) is 4.00. The van der Waals surface area contributed by atoms with Crippen molar-refractivity contribution in [3.05, 3.63) is 35.2 Å². The molecule has 0 radical (unpaired) electrons. The highest BCUT2D eigenvalue weighted by atomic mass is 15.6. The Bertz CT molecular complexity index is 653. The first-order valence-electron chi connectivity index (χ1n) is 8.12. The molecule has 1 saturated carbocycles. The van der Waals surface area contributed by atoms with Gasteiger partial charge in [0.05, 0.1) is 11.2 Å². The summed E-state index contributed by atoms with van der Waals surface area (Å²) in [6, 6.07) is 6.29. The molecule has 0 bridgehead atoms. The first kappa shape index (κ1) is 15.2. The van der Waals surface area contributed by atoms with Gasteiger partial charge in [0.2, 0.25) is 0 Å². The first-order chi connectivity index (χ1) is 10.6. The molecule has 1 aromatic heterocycles. The van der Waals surface area contributed by atoms with Crippen LogP contribution in [0, 0.1) is 19.8 Å². The van der Waals surface area contributed by atoms with Gasteiger partial charge in [-0.2, -0.15) is 4.68 Å². The van der Waals surface area contributed by atoms with Crippen molar-refractivity contribution in [2.24, 2.45) is 5.92 Å². The van der Waals surface area contributed by atoms with Crippen LogP contribution in [0.5, 0.6) is 0 Å². The van der Waals surface area contributed by atoms with Crippen LogP contribution in [0.2, 0.25) is 0 Å². The lowest BCUT2D eigenvalue weighted by atomic mass is 9.76. The first-order valence-corrected chi connectivity index (χ1v) is 8.12. The van der Waals surface area contributed by atoms with Gasteiger partial charge in [-0.05, 0) is 80.1 Å². The van der Waals surface area contributed by atoms with Gasteiger partial charge in [-0.3, -0.25) is 0 Å². The molecule has 22 heavy (non-hydrogen) atoms. The van der Waals surface area contributed by atoms with E-state index >= 15 is 0 Å². The minimum atomic E-state index is -0.119. The van der Waals surface area contributed by atoms with E-state index in [0.717, 1.165) is 30.3 Å². The van der Waals surface area contributed by atoms with E-state index in [4.69, 9.17) is 0 Å². The number of rotatable bonds is 3. The normalized spacial score (nSPS) is 25.4. The lowest BCUT2D eigenvalue weighted by molar-refractivity contribution is 0.194. The summed E-state index contributed by atoms with van der Waals surface area (Å²) in [6.07, 6.45) is 4.58. The zero-order valence-electron chi connectivity index (χ0n) is 13.9. The van der Waals surface area contributed by atoms with Gasteiger partial charge < -0.3 is 5.32 Å². The summed E-state index contributed by atoms with van der Waals surface area (Å²) in [7, 11) is 2.03. The summed E-state index contributed by atoms with van der Waals surface area (Å²) in [5.74, 6) is 1.72. The van der Waals surface area contributed by atoms with Gasteiger partial charge in [-0.1, -0.05) is 19.1 Å². The summed E-state index contributed by atoms with van der Waals surface area (Å²) >= 11 is 0. The molecule has 0 atom stereocenters. The molecule has 1 fully saturated rings. The summed E-state index contributed by atoms with van der Waals surface area (Å²) in [4.78, 5) is 0. The molecular weight excluding hydrogens is 274 g/mol. The van der Waals surface area contributed by atoms with Crippen molar-refractivity contribution in [1.29, 1.82) is 0 Å². The van der Waals surface area contributed by atoms with E-state index in [2.05, 4.69) is 59.8 Å². The second-order valence-corrected chi connectivity index (χ2v) is 6.65. The van der Waals surface area contributed by atoms with Crippen molar-refractivity contribution >= 4 is 0 Å². The average molecular weight is 299 g/mol. The molecule has 0 aliphatic heterocycles. The lowest BCUT2D eigenvalue weighted by Gasteiger charge is -2.38. The predicted molar refractivity (Wildman–Crippen MR) is 87.0 cm³/mol. The number of hydrogen-bond donors (Lipinski definition) is 1. The van der Waals surface area contributed by atoms with E-state index < -0.39 is 0 Å². The van der Waals surface area contributed by atoms with Crippen LogP contribution in [-0.4, -0.2) is 27.3 Å². The van der Waals surface area contributed by atoms with Gasteiger partial charge in [-0.25, -0.2) is 0 Å². The van der Waals surface area contributed by atoms with Crippen molar-refractivity contribution in [3.63, 3.8) is 0 Å². The molecule has 5 nitrogen and oxygen atoms in total. The molecule has 1 N–H and O–H groups in total. The molecule has 1 aliphatic rings. The fourth-order valence-electron chi connectivity index (χ4n) is 3.45. The Labute approximate surface area is 132 Å². The van der Waals surface area contributed by atoms with Crippen LogP contribution in [-0.2, 0) is 5.54 Å². The molecule has 0 saturated heterocycles. The number of aryl methyl sites for hydroxylation is 1. The maximum absolute atomic E-state index is 4.39. The van der Waals surface area contributed by atoms with Crippen LogP contribution in [0.25, 0.3) is 5.69 Å². The lowest BCUT2D eigenvalue weighted by Crippen LogP contribution is -2.45. The van der Waals surface area contributed by atoms with Crippen molar-refractivity contribution in [1.82, 2.24) is 25.5 Å². The van der Waals surface area contributed by atoms with Crippen molar-refractivity contribution in [2.45, 2.75) is 52.0 Å². The molecule has 0 unspecified atom stereocenters. The molecule has 1 aliphatic carbocycles. The Morgan fingerprint density at radius 1 is 1.23 bits per heavy atom. The summed E-state index contributed by atoms with van der Waals surface area (Å²) < 4.78 is 1.93. The summed E-state index contributed by atoms with van der Waals surface area (Å²) in [6.45, 7) is 6.58. The van der Waals surface area contributed by atoms with Crippen molar-refractivity contribution in [3.8, 4) is 5.69 Å². The van der Waals surface area contributed by atoms with Crippen LogP contribution in [0.4, 0.5) is 0 Å². The van der Waals surface area contributed by atoms with E-state index in [1.165, 1.54) is 24.0 Å². The third kappa shape index (κ3) is 2.43. The number of benzene rings is 1. The van der Waals surface area contributed by atoms with Crippen LogP contribution in [0.3, 0.4) is 0 Å². The van der Waals surface area contributed by atoms with Crippen LogP contribution >= 0.6 is 0 Å².